The van der Waals surface area contributed by atoms with Crippen molar-refractivity contribution < 1.29 is 4.79 Å². The second-order valence-electron chi connectivity index (χ2n) is 6.27. The third-order valence-corrected chi connectivity index (χ3v) is 4.60. The average molecular weight is 359 g/mol. The predicted octanol–water partition coefficient (Wildman–Crippen LogP) is 3.47. The summed E-state index contributed by atoms with van der Waals surface area (Å²) in [5, 5.41) is 3.67. The van der Waals surface area contributed by atoms with Crippen molar-refractivity contribution in [3.8, 4) is 0 Å². The number of carbonyl (C=O) groups is 1. The van der Waals surface area contributed by atoms with Gasteiger partial charge in [-0.1, -0.05) is 23.7 Å². The van der Waals surface area contributed by atoms with E-state index in [1.807, 2.05) is 48.4 Å². The fourth-order valence-electron chi connectivity index (χ4n) is 3.04. The summed E-state index contributed by atoms with van der Waals surface area (Å²) in [5.74, 6) is 0. The number of hydrogen-bond donors (Lipinski definition) is 1. The van der Waals surface area contributed by atoms with E-state index in [1.54, 1.807) is 0 Å². The smallest absolute Gasteiger partial charge is 0.317 e. The highest BCUT2D eigenvalue weighted by Crippen LogP contribution is 2.17. The second-order valence-corrected chi connectivity index (χ2v) is 6.71. The number of carbonyl (C=O) groups excluding carboxylic acids is 1. The zero-order valence-electron chi connectivity index (χ0n) is 14.4. The minimum atomic E-state index is -0.0206. The van der Waals surface area contributed by atoms with Gasteiger partial charge in [0.1, 0.15) is 0 Å². The molecule has 0 atom stereocenters. The van der Waals surface area contributed by atoms with Crippen LogP contribution in [-0.4, -0.2) is 42.1 Å². The Bertz CT molecular complexity index is 737. The van der Waals surface area contributed by atoms with Gasteiger partial charge in [-0.25, -0.2) is 4.79 Å². The summed E-state index contributed by atoms with van der Waals surface area (Å²) in [4.78, 5) is 20.9. The van der Waals surface area contributed by atoms with E-state index in [2.05, 4.69) is 21.3 Å². The molecule has 0 spiro atoms. The third kappa shape index (κ3) is 4.86. The number of hydrogen-bond acceptors (Lipinski definition) is 3. The number of nitrogens with zero attached hydrogens (tertiary/aromatic N) is 3. The first-order chi connectivity index (χ1) is 12.1. The number of halogens is 1. The van der Waals surface area contributed by atoms with Gasteiger partial charge in [0.25, 0.3) is 0 Å². The first-order valence-corrected chi connectivity index (χ1v) is 8.94. The predicted molar refractivity (Wildman–Crippen MR) is 101 cm³/mol. The van der Waals surface area contributed by atoms with Gasteiger partial charge in [-0.15, -0.1) is 0 Å². The topological polar surface area (TPSA) is 48.5 Å². The van der Waals surface area contributed by atoms with Crippen LogP contribution in [-0.2, 0) is 6.54 Å². The Morgan fingerprint density at radius 2 is 2.08 bits per heavy atom. The van der Waals surface area contributed by atoms with Gasteiger partial charge < -0.3 is 15.1 Å². The molecule has 1 aromatic carbocycles. The number of amides is 2. The van der Waals surface area contributed by atoms with Crippen LogP contribution in [0.5, 0.6) is 0 Å². The van der Waals surface area contributed by atoms with E-state index in [0.717, 1.165) is 37.3 Å². The van der Waals surface area contributed by atoms with Crippen LogP contribution >= 0.6 is 11.6 Å². The molecule has 5 nitrogen and oxygen atoms in total. The van der Waals surface area contributed by atoms with Crippen LogP contribution in [0.4, 0.5) is 10.5 Å². The maximum atomic E-state index is 12.5. The molecular weight excluding hydrogens is 336 g/mol. The zero-order valence-corrected chi connectivity index (χ0v) is 15.2. The van der Waals surface area contributed by atoms with Crippen molar-refractivity contribution in [2.75, 3.05) is 31.1 Å². The highest BCUT2D eigenvalue weighted by atomic mass is 35.5. The lowest BCUT2D eigenvalue weighted by molar-refractivity contribution is 0.201. The van der Waals surface area contributed by atoms with Gasteiger partial charge in [0.2, 0.25) is 0 Å². The van der Waals surface area contributed by atoms with Crippen molar-refractivity contribution in [1.82, 2.24) is 15.2 Å². The molecule has 1 aromatic heterocycles. The molecule has 1 saturated heterocycles. The van der Waals surface area contributed by atoms with Crippen molar-refractivity contribution >= 4 is 23.3 Å². The lowest BCUT2D eigenvalue weighted by Crippen LogP contribution is -2.41. The summed E-state index contributed by atoms with van der Waals surface area (Å²) in [5.41, 5.74) is 3.19. The summed E-state index contributed by atoms with van der Waals surface area (Å²) < 4.78 is 0. The molecule has 2 aromatic rings. The van der Waals surface area contributed by atoms with Crippen molar-refractivity contribution in [3.05, 3.63) is 58.9 Å². The minimum Gasteiger partial charge on any atom is -0.370 e. The highest BCUT2D eigenvalue weighted by molar-refractivity contribution is 6.30. The summed E-state index contributed by atoms with van der Waals surface area (Å²) in [6.07, 6.45) is 2.79. The summed E-state index contributed by atoms with van der Waals surface area (Å²) in [6.45, 7) is 5.74. The lowest BCUT2D eigenvalue weighted by atomic mass is 10.2. The van der Waals surface area contributed by atoms with Crippen molar-refractivity contribution in [1.29, 1.82) is 0 Å². The maximum absolute atomic E-state index is 12.5. The molecule has 0 unspecified atom stereocenters. The molecule has 2 amide bonds. The number of aromatic nitrogens is 1. The summed E-state index contributed by atoms with van der Waals surface area (Å²) in [7, 11) is 0. The molecule has 0 saturated carbocycles. The molecule has 6 heteroatoms. The minimum absolute atomic E-state index is 0.0206. The molecule has 0 aliphatic carbocycles. The van der Waals surface area contributed by atoms with Crippen molar-refractivity contribution in [2.45, 2.75) is 19.9 Å². The number of anilines is 1. The Hall–Kier alpha value is -2.27. The van der Waals surface area contributed by atoms with Crippen LogP contribution in [0.15, 0.2) is 42.6 Å². The Morgan fingerprint density at radius 1 is 1.20 bits per heavy atom. The van der Waals surface area contributed by atoms with Crippen LogP contribution in [0.1, 0.15) is 17.7 Å². The third-order valence-electron chi connectivity index (χ3n) is 4.36. The van der Waals surface area contributed by atoms with Crippen LogP contribution < -0.4 is 10.2 Å². The normalized spacial score (nSPS) is 15.0. The summed E-state index contributed by atoms with van der Waals surface area (Å²) in [6, 6.07) is 11.7. The largest absolute Gasteiger partial charge is 0.370 e. The molecule has 0 radical (unpaired) electrons. The van der Waals surface area contributed by atoms with E-state index in [9.17, 15) is 4.79 Å². The molecule has 1 aliphatic rings. The fraction of sp³-hybridized carbons (Fsp3) is 0.368. The van der Waals surface area contributed by atoms with Gasteiger partial charge in [0.15, 0.2) is 0 Å². The average Bonchev–Trinajstić information content (AvgIpc) is 2.86. The molecule has 1 N–H and O–H groups in total. The van der Waals surface area contributed by atoms with E-state index < -0.39 is 0 Å². The van der Waals surface area contributed by atoms with Gasteiger partial charge in [0, 0.05) is 55.3 Å². The quantitative estimate of drug-likeness (QED) is 0.914. The van der Waals surface area contributed by atoms with Crippen LogP contribution in [0.2, 0.25) is 5.02 Å². The lowest BCUT2D eigenvalue weighted by Gasteiger charge is -2.24. The number of pyridine rings is 1. The number of rotatable bonds is 3. The Balaban J connectivity index is 1.54. The molecule has 3 rings (SSSR count). The van der Waals surface area contributed by atoms with E-state index in [1.165, 1.54) is 5.69 Å². The van der Waals surface area contributed by atoms with Gasteiger partial charge in [0.05, 0.1) is 0 Å². The first-order valence-electron chi connectivity index (χ1n) is 8.56. The van der Waals surface area contributed by atoms with Crippen LogP contribution in [0.25, 0.3) is 0 Å². The van der Waals surface area contributed by atoms with E-state index in [0.29, 0.717) is 18.1 Å². The Morgan fingerprint density at radius 3 is 2.88 bits per heavy atom. The van der Waals surface area contributed by atoms with Gasteiger partial charge >= 0.3 is 6.03 Å². The van der Waals surface area contributed by atoms with Crippen LogP contribution in [0.3, 0.4) is 0 Å². The first kappa shape index (κ1) is 17.5. The summed E-state index contributed by atoms with van der Waals surface area (Å²) >= 11 is 5.98. The van der Waals surface area contributed by atoms with Crippen molar-refractivity contribution in [3.63, 3.8) is 0 Å². The zero-order chi connectivity index (χ0) is 17.6. The molecule has 132 valence electrons. The van der Waals surface area contributed by atoms with Gasteiger partial charge in [-0.3, -0.25) is 4.98 Å². The molecule has 2 heterocycles. The molecule has 0 bridgehead atoms. The highest BCUT2D eigenvalue weighted by Gasteiger charge is 2.19. The number of nitrogens with one attached hydrogen (secondary N) is 1. The van der Waals surface area contributed by atoms with Crippen molar-refractivity contribution in [2.24, 2.45) is 0 Å². The van der Waals surface area contributed by atoms with Gasteiger partial charge in [-0.05, 0) is 43.2 Å². The number of urea groups is 1. The Kier molecular flexibility index (Phi) is 5.76. The van der Waals surface area contributed by atoms with E-state index >= 15 is 0 Å². The second kappa shape index (κ2) is 8.21. The van der Waals surface area contributed by atoms with Gasteiger partial charge in [-0.2, -0.15) is 0 Å². The Labute approximate surface area is 153 Å². The SMILES string of the molecule is Cc1cc(N2CCCN(C(=O)NCc3cccc(Cl)c3)CC2)ccn1. The molecule has 1 aliphatic heterocycles. The maximum Gasteiger partial charge on any atom is 0.317 e. The number of benzene rings is 1. The molecule has 25 heavy (non-hydrogen) atoms. The monoisotopic (exact) mass is 358 g/mol. The molecule has 1 fully saturated rings. The molecular formula is C19H23ClN4O. The van der Waals surface area contributed by atoms with E-state index in [4.69, 9.17) is 11.6 Å². The fourth-order valence-corrected chi connectivity index (χ4v) is 3.26. The van der Waals surface area contributed by atoms with E-state index in [-0.39, 0.29) is 6.03 Å². The van der Waals surface area contributed by atoms with Crippen LogP contribution in [0, 0.1) is 6.92 Å². The standard InChI is InChI=1S/C19H23ClN4O/c1-15-12-18(6-7-21-15)23-8-3-9-24(11-10-23)19(25)22-14-16-4-2-5-17(20)13-16/h2,4-7,12-13H,3,8-11,14H2,1H3,(H,22,25). The number of aryl methyl sites for hydroxylation is 1.